The fourth-order valence-corrected chi connectivity index (χ4v) is 1.20. The van der Waals surface area contributed by atoms with Crippen LogP contribution in [0.15, 0.2) is 10.7 Å². The third-order valence-electron chi connectivity index (χ3n) is 1.57. The number of nitrogens with zero attached hydrogens (tertiary/aromatic N) is 1. The number of aryl methyl sites for hydroxylation is 1. The van der Waals surface area contributed by atoms with Crippen molar-refractivity contribution in [2.45, 2.75) is 13.3 Å². The highest BCUT2D eigenvalue weighted by Gasteiger charge is 2.17. The van der Waals surface area contributed by atoms with Crippen LogP contribution in [0.3, 0.4) is 0 Å². The van der Waals surface area contributed by atoms with Gasteiger partial charge in [-0.25, -0.2) is 13.8 Å². The van der Waals surface area contributed by atoms with Crippen molar-refractivity contribution in [3.63, 3.8) is 0 Å². The van der Waals surface area contributed by atoms with Crippen LogP contribution in [0.1, 0.15) is 17.7 Å². The zero-order valence-electron chi connectivity index (χ0n) is 7.14. The summed E-state index contributed by atoms with van der Waals surface area (Å²) >= 11 is 3.08. The second-order valence-electron chi connectivity index (χ2n) is 2.48. The van der Waals surface area contributed by atoms with Crippen molar-refractivity contribution < 1.29 is 13.5 Å². The molecule has 0 saturated carbocycles. The number of rotatable bonds is 2. The summed E-state index contributed by atoms with van der Waals surface area (Å²) < 4.78 is 29.9. The molecular formula is C8H8BrF2NO. The number of halogens is 3. The third kappa shape index (κ3) is 2.15. The SMILES string of the molecule is COc1cc(C)c(Br)nc1C(F)F. The predicted octanol–water partition coefficient (Wildman–Crippen LogP) is 3.10. The van der Waals surface area contributed by atoms with E-state index in [0.29, 0.717) is 4.60 Å². The summed E-state index contributed by atoms with van der Waals surface area (Å²) in [5.74, 6) is 0.121. The Balaban J connectivity index is 3.25. The van der Waals surface area contributed by atoms with Crippen molar-refractivity contribution in [1.82, 2.24) is 4.98 Å². The van der Waals surface area contributed by atoms with Gasteiger partial charge >= 0.3 is 0 Å². The van der Waals surface area contributed by atoms with Crippen molar-refractivity contribution >= 4 is 15.9 Å². The summed E-state index contributed by atoms with van der Waals surface area (Å²) in [6.07, 6.45) is -2.62. The monoisotopic (exact) mass is 251 g/mol. The minimum Gasteiger partial charge on any atom is -0.495 e. The minimum atomic E-state index is -2.62. The molecule has 1 aromatic rings. The fraction of sp³-hybridized carbons (Fsp3) is 0.375. The normalized spacial score (nSPS) is 10.6. The van der Waals surface area contributed by atoms with E-state index in [0.717, 1.165) is 5.56 Å². The number of hydrogen-bond donors (Lipinski definition) is 0. The van der Waals surface area contributed by atoms with Gasteiger partial charge in [-0.2, -0.15) is 0 Å². The van der Waals surface area contributed by atoms with Crippen molar-refractivity contribution in [2.75, 3.05) is 7.11 Å². The molecule has 13 heavy (non-hydrogen) atoms. The number of methoxy groups -OCH3 is 1. The zero-order valence-corrected chi connectivity index (χ0v) is 8.73. The van der Waals surface area contributed by atoms with E-state index < -0.39 is 6.43 Å². The molecule has 1 heterocycles. The molecule has 0 amide bonds. The number of alkyl halides is 2. The van der Waals surface area contributed by atoms with Crippen molar-refractivity contribution in [3.8, 4) is 5.75 Å². The molecule has 0 spiro atoms. The summed E-state index contributed by atoms with van der Waals surface area (Å²) in [6, 6.07) is 1.53. The molecule has 0 radical (unpaired) electrons. The van der Waals surface area contributed by atoms with Crippen LogP contribution in [0.4, 0.5) is 8.78 Å². The first-order valence-electron chi connectivity index (χ1n) is 3.55. The first-order valence-corrected chi connectivity index (χ1v) is 4.34. The number of ether oxygens (including phenoxy) is 1. The van der Waals surface area contributed by atoms with Crippen LogP contribution in [0, 0.1) is 6.92 Å². The van der Waals surface area contributed by atoms with Gasteiger partial charge in [0, 0.05) is 0 Å². The zero-order chi connectivity index (χ0) is 10.0. The van der Waals surface area contributed by atoms with Crippen LogP contribution in [0.25, 0.3) is 0 Å². The summed E-state index contributed by atoms with van der Waals surface area (Å²) in [5, 5.41) is 0. The molecule has 72 valence electrons. The van der Waals surface area contributed by atoms with E-state index in [9.17, 15) is 8.78 Å². The van der Waals surface area contributed by atoms with Crippen LogP contribution in [-0.2, 0) is 0 Å². The summed E-state index contributed by atoms with van der Waals surface area (Å²) in [6.45, 7) is 1.76. The van der Waals surface area contributed by atoms with E-state index in [-0.39, 0.29) is 11.4 Å². The third-order valence-corrected chi connectivity index (χ3v) is 2.37. The molecule has 0 aliphatic carbocycles. The second kappa shape index (κ2) is 4.00. The molecule has 0 aliphatic rings. The molecule has 0 saturated heterocycles. The smallest absolute Gasteiger partial charge is 0.284 e. The van der Waals surface area contributed by atoms with Gasteiger partial charge in [0.2, 0.25) is 0 Å². The lowest BCUT2D eigenvalue weighted by Gasteiger charge is -2.08. The lowest BCUT2D eigenvalue weighted by molar-refractivity contribution is 0.141. The number of hydrogen-bond acceptors (Lipinski definition) is 2. The average molecular weight is 252 g/mol. The first kappa shape index (κ1) is 10.4. The van der Waals surface area contributed by atoms with Gasteiger partial charge in [-0.05, 0) is 34.5 Å². The van der Waals surface area contributed by atoms with Gasteiger partial charge in [-0.1, -0.05) is 0 Å². The van der Waals surface area contributed by atoms with Crippen molar-refractivity contribution in [2.24, 2.45) is 0 Å². The van der Waals surface area contributed by atoms with Crippen LogP contribution in [0.5, 0.6) is 5.75 Å². The molecule has 0 aromatic carbocycles. The lowest BCUT2D eigenvalue weighted by atomic mass is 10.2. The quantitative estimate of drug-likeness (QED) is 0.754. The Bertz CT molecular complexity index is 317. The van der Waals surface area contributed by atoms with Crippen LogP contribution >= 0.6 is 15.9 Å². The predicted molar refractivity (Wildman–Crippen MR) is 48.2 cm³/mol. The molecule has 0 fully saturated rings. The Morgan fingerprint density at radius 3 is 2.62 bits per heavy atom. The van der Waals surface area contributed by atoms with Gasteiger partial charge in [-0.3, -0.25) is 0 Å². The van der Waals surface area contributed by atoms with E-state index in [2.05, 4.69) is 20.9 Å². The van der Waals surface area contributed by atoms with E-state index in [1.807, 2.05) is 0 Å². The van der Waals surface area contributed by atoms with Crippen molar-refractivity contribution in [3.05, 3.63) is 21.9 Å². The summed E-state index contributed by atoms with van der Waals surface area (Å²) in [4.78, 5) is 3.68. The highest BCUT2D eigenvalue weighted by atomic mass is 79.9. The largest absolute Gasteiger partial charge is 0.495 e. The van der Waals surface area contributed by atoms with Gasteiger partial charge in [-0.15, -0.1) is 0 Å². The van der Waals surface area contributed by atoms with Gasteiger partial charge < -0.3 is 4.74 Å². The lowest BCUT2D eigenvalue weighted by Crippen LogP contribution is -1.98. The molecule has 0 unspecified atom stereocenters. The van der Waals surface area contributed by atoms with E-state index in [4.69, 9.17) is 4.74 Å². The Kier molecular flexibility index (Phi) is 3.19. The van der Waals surface area contributed by atoms with Crippen LogP contribution < -0.4 is 4.74 Å². The molecule has 1 rings (SSSR count). The molecule has 1 aromatic heterocycles. The topological polar surface area (TPSA) is 22.1 Å². The second-order valence-corrected chi connectivity index (χ2v) is 3.24. The summed E-state index contributed by atoms with van der Waals surface area (Å²) in [5.41, 5.74) is 0.432. The highest BCUT2D eigenvalue weighted by molar-refractivity contribution is 9.10. The number of pyridine rings is 1. The van der Waals surface area contributed by atoms with E-state index in [1.165, 1.54) is 13.2 Å². The molecule has 0 aliphatic heterocycles. The maximum atomic E-state index is 12.4. The number of aromatic nitrogens is 1. The minimum absolute atomic E-state index is 0.121. The first-order chi connectivity index (χ1) is 6.06. The standard InChI is InChI=1S/C8H8BrF2NO/c1-4-3-5(13-2)6(8(10)11)12-7(4)9/h3,8H,1-2H3. The molecule has 0 bridgehead atoms. The average Bonchev–Trinajstić information content (AvgIpc) is 2.08. The van der Waals surface area contributed by atoms with Gasteiger partial charge in [0.05, 0.1) is 7.11 Å². The Morgan fingerprint density at radius 2 is 2.15 bits per heavy atom. The molecule has 0 N–H and O–H groups in total. The van der Waals surface area contributed by atoms with E-state index >= 15 is 0 Å². The molecule has 0 atom stereocenters. The van der Waals surface area contributed by atoms with Crippen molar-refractivity contribution in [1.29, 1.82) is 0 Å². The fourth-order valence-electron chi connectivity index (χ4n) is 0.899. The Morgan fingerprint density at radius 1 is 1.54 bits per heavy atom. The Labute approximate surface area is 83.1 Å². The Hall–Kier alpha value is -0.710. The maximum Gasteiger partial charge on any atom is 0.284 e. The van der Waals surface area contributed by atoms with Gasteiger partial charge in [0.15, 0.2) is 0 Å². The van der Waals surface area contributed by atoms with E-state index in [1.54, 1.807) is 6.92 Å². The highest BCUT2D eigenvalue weighted by Crippen LogP contribution is 2.30. The van der Waals surface area contributed by atoms with Gasteiger partial charge in [0.1, 0.15) is 16.0 Å². The molecule has 5 heteroatoms. The summed E-state index contributed by atoms with van der Waals surface area (Å²) in [7, 11) is 1.34. The van der Waals surface area contributed by atoms with Crippen LogP contribution in [-0.4, -0.2) is 12.1 Å². The van der Waals surface area contributed by atoms with Gasteiger partial charge in [0.25, 0.3) is 6.43 Å². The van der Waals surface area contributed by atoms with Crippen LogP contribution in [0.2, 0.25) is 0 Å². The maximum absolute atomic E-state index is 12.4. The molecular weight excluding hydrogens is 244 g/mol. The molecule has 2 nitrogen and oxygen atoms in total.